The summed E-state index contributed by atoms with van der Waals surface area (Å²) in [7, 11) is 4.03. The summed E-state index contributed by atoms with van der Waals surface area (Å²) in [4.78, 5) is 11.5. The summed E-state index contributed by atoms with van der Waals surface area (Å²) >= 11 is 0. The predicted octanol–water partition coefficient (Wildman–Crippen LogP) is 0.944. The van der Waals surface area contributed by atoms with Crippen molar-refractivity contribution in [1.82, 2.24) is 20.0 Å². The molecule has 0 radical (unpaired) electrons. The van der Waals surface area contributed by atoms with Gasteiger partial charge in [0.2, 0.25) is 0 Å². The molecule has 1 fully saturated rings. The second kappa shape index (κ2) is 8.76. The van der Waals surface area contributed by atoms with Gasteiger partial charge in [0.05, 0.1) is 12.1 Å². The van der Waals surface area contributed by atoms with Crippen LogP contribution in [0.3, 0.4) is 0 Å². The van der Waals surface area contributed by atoms with Crippen molar-refractivity contribution in [2.24, 2.45) is 4.99 Å². The van der Waals surface area contributed by atoms with Crippen LogP contribution in [0.25, 0.3) is 0 Å². The maximum atomic E-state index is 9.08. The Labute approximate surface area is 135 Å². The first kappa shape index (κ1) is 18.5. The Bertz CT molecular complexity index is 419. The van der Waals surface area contributed by atoms with Gasteiger partial charge in [0, 0.05) is 39.3 Å². The van der Waals surface area contributed by atoms with Crippen LogP contribution in [0.15, 0.2) is 17.8 Å². The zero-order chi connectivity index (χ0) is 16.7. The molecule has 1 N–H and O–H groups in total. The van der Waals surface area contributed by atoms with Crippen LogP contribution < -0.4 is 5.32 Å². The number of hydrogen-bond donors (Lipinski definition) is 1. The van der Waals surface area contributed by atoms with Gasteiger partial charge in [-0.05, 0) is 34.0 Å². The Morgan fingerprint density at radius 3 is 2.41 bits per heavy atom. The normalized spacial score (nSPS) is 21.5. The molecule has 0 aliphatic carbocycles. The number of likely N-dealkylation sites (N-methyl/N-ethyl adjacent to an activating group) is 1. The SMILES string of the molecule is C=CNC(=N[C@@H](C)C(C)N1CCN(C)CC1)N(C)C(C)C#N. The van der Waals surface area contributed by atoms with E-state index in [1.54, 1.807) is 6.20 Å². The highest BCUT2D eigenvalue weighted by atomic mass is 15.3. The van der Waals surface area contributed by atoms with E-state index in [9.17, 15) is 0 Å². The molecule has 0 spiro atoms. The van der Waals surface area contributed by atoms with Crippen LogP contribution in [0.2, 0.25) is 0 Å². The Kier molecular flexibility index (Phi) is 7.36. The molecule has 0 aromatic rings. The Morgan fingerprint density at radius 2 is 1.91 bits per heavy atom. The second-order valence-electron chi connectivity index (χ2n) is 6.04. The van der Waals surface area contributed by atoms with Gasteiger partial charge in [-0.25, -0.2) is 4.99 Å². The lowest BCUT2D eigenvalue weighted by molar-refractivity contribution is 0.109. The van der Waals surface area contributed by atoms with Crippen molar-refractivity contribution < 1.29 is 0 Å². The average molecular weight is 306 g/mol. The minimum absolute atomic E-state index is 0.138. The van der Waals surface area contributed by atoms with Crippen molar-refractivity contribution in [3.63, 3.8) is 0 Å². The van der Waals surface area contributed by atoms with Crippen LogP contribution >= 0.6 is 0 Å². The molecule has 3 atom stereocenters. The molecule has 0 aromatic heterocycles. The summed E-state index contributed by atoms with van der Waals surface area (Å²) in [6, 6.07) is 2.49. The smallest absolute Gasteiger partial charge is 0.199 e. The Hall–Kier alpha value is -1.58. The lowest BCUT2D eigenvalue weighted by Crippen LogP contribution is -2.51. The van der Waals surface area contributed by atoms with Crippen LogP contribution in [0.5, 0.6) is 0 Å². The number of guanidine groups is 1. The first-order chi connectivity index (χ1) is 10.4. The van der Waals surface area contributed by atoms with Gasteiger partial charge in [-0.2, -0.15) is 5.26 Å². The molecule has 0 saturated carbocycles. The highest BCUT2D eigenvalue weighted by Gasteiger charge is 2.24. The van der Waals surface area contributed by atoms with Crippen LogP contribution in [-0.4, -0.2) is 79.1 Å². The molecule has 1 aliphatic rings. The van der Waals surface area contributed by atoms with E-state index in [0.29, 0.717) is 12.0 Å². The predicted molar refractivity (Wildman–Crippen MR) is 91.6 cm³/mol. The molecule has 1 saturated heterocycles. The summed E-state index contributed by atoms with van der Waals surface area (Å²) in [5.74, 6) is 0.692. The monoisotopic (exact) mass is 306 g/mol. The van der Waals surface area contributed by atoms with Crippen molar-refractivity contribution in [1.29, 1.82) is 5.26 Å². The summed E-state index contributed by atoms with van der Waals surface area (Å²) in [6.45, 7) is 14.3. The molecule has 0 bridgehead atoms. The van der Waals surface area contributed by atoms with E-state index in [1.165, 1.54) is 0 Å². The van der Waals surface area contributed by atoms with Gasteiger partial charge in [0.1, 0.15) is 6.04 Å². The largest absolute Gasteiger partial charge is 0.333 e. The number of hydrogen-bond acceptors (Lipinski definition) is 4. The zero-order valence-corrected chi connectivity index (χ0v) is 14.6. The van der Waals surface area contributed by atoms with E-state index in [0.717, 1.165) is 26.2 Å². The Morgan fingerprint density at radius 1 is 1.32 bits per heavy atom. The number of nitrogens with zero attached hydrogens (tertiary/aromatic N) is 5. The maximum Gasteiger partial charge on any atom is 0.199 e. The van der Waals surface area contributed by atoms with Crippen LogP contribution in [0.1, 0.15) is 20.8 Å². The summed E-state index contributed by atoms with van der Waals surface area (Å²) < 4.78 is 0. The first-order valence-electron chi connectivity index (χ1n) is 7.91. The van der Waals surface area contributed by atoms with Gasteiger partial charge >= 0.3 is 0 Å². The third kappa shape index (κ3) is 5.00. The van der Waals surface area contributed by atoms with Crippen LogP contribution in [0.4, 0.5) is 0 Å². The number of nitriles is 1. The lowest BCUT2D eigenvalue weighted by Gasteiger charge is -2.38. The highest BCUT2D eigenvalue weighted by Crippen LogP contribution is 2.11. The van der Waals surface area contributed by atoms with Gasteiger partial charge in [-0.3, -0.25) is 4.90 Å². The van der Waals surface area contributed by atoms with E-state index < -0.39 is 0 Å². The van der Waals surface area contributed by atoms with Crippen LogP contribution in [0, 0.1) is 11.3 Å². The topological polar surface area (TPSA) is 57.9 Å². The van der Waals surface area contributed by atoms with E-state index in [4.69, 9.17) is 10.3 Å². The fraction of sp³-hybridized carbons (Fsp3) is 0.750. The van der Waals surface area contributed by atoms with Gasteiger partial charge in [-0.15, -0.1) is 0 Å². The summed E-state index contributed by atoms with van der Waals surface area (Å²) in [5, 5.41) is 12.1. The molecule has 22 heavy (non-hydrogen) atoms. The second-order valence-corrected chi connectivity index (χ2v) is 6.04. The van der Waals surface area contributed by atoms with Crippen molar-refractivity contribution in [2.45, 2.75) is 38.9 Å². The molecule has 0 aromatic carbocycles. The van der Waals surface area contributed by atoms with Crippen LogP contribution in [-0.2, 0) is 0 Å². The van der Waals surface area contributed by atoms with E-state index in [1.807, 2.05) is 18.9 Å². The van der Waals surface area contributed by atoms with Crippen molar-refractivity contribution in [2.75, 3.05) is 40.3 Å². The highest BCUT2D eigenvalue weighted by molar-refractivity contribution is 5.81. The molecule has 1 aliphatic heterocycles. The van der Waals surface area contributed by atoms with E-state index >= 15 is 0 Å². The standard InChI is InChI=1S/C16H30N6/c1-7-18-16(21(6)13(2)12-17)19-14(3)15(4)22-10-8-20(5)9-11-22/h7,13-15H,1,8-11H2,2-6H3,(H,18,19)/t13?,14-,15?/m0/s1. The quantitative estimate of drug-likeness (QED) is 0.605. The summed E-state index contributed by atoms with van der Waals surface area (Å²) in [6.07, 6.45) is 1.60. The first-order valence-corrected chi connectivity index (χ1v) is 7.91. The van der Waals surface area contributed by atoms with Gasteiger partial charge in [-0.1, -0.05) is 6.58 Å². The number of nitrogens with one attached hydrogen (secondary N) is 1. The van der Waals surface area contributed by atoms with Crippen molar-refractivity contribution >= 4 is 5.96 Å². The average Bonchev–Trinajstić information content (AvgIpc) is 2.52. The third-order valence-corrected chi connectivity index (χ3v) is 4.47. The molecule has 124 valence electrons. The van der Waals surface area contributed by atoms with Crippen molar-refractivity contribution in [3.05, 3.63) is 12.8 Å². The molecule has 0 amide bonds. The molecule has 1 rings (SSSR count). The lowest BCUT2D eigenvalue weighted by atomic mass is 10.1. The number of rotatable bonds is 5. The van der Waals surface area contributed by atoms with Crippen molar-refractivity contribution in [3.8, 4) is 6.07 Å². The fourth-order valence-electron chi connectivity index (χ4n) is 2.43. The fourth-order valence-corrected chi connectivity index (χ4v) is 2.43. The minimum atomic E-state index is -0.239. The van der Waals surface area contributed by atoms with Gasteiger partial charge in [0.25, 0.3) is 0 Å². The molecule has 6 nitrogen and oxygen atoms in total. The van der Waals surface area contributed by atoms with Gasteiger partial charge < -0.3 is 15.1 Å². The third-order valence-electron chi connectivity index (χ3n) is 4.47. The molecular weight excluding hydrogens is 276 g/mol. The molecular formula is C16H30N6. The van der Waals surface area contributed by atoms with E-state index in [-0.39, 0.29) is 12.1 Å². The summed E-state index contributed by atoms with van der Waals surface area (Å²) in [5.41, 5.74) is 0. The molecule has 1 heterocycles. The zero-order valence-electron chi connectivity index (χ0n) is 14.6. The molecule has 2 unspecified atom stereocenters. The molecule has 6 heteroatoms. The van der Waals surface area contributed by atoms with Gasteiger partial charge in [0.15, 0.2) is 5.96 Å². The number of piperazine rings is 1. The number of aliphatic imine (C=N–C) groups is 1. The maximum absolute atomic E-state index is 9.08. The van der Waals surface area contributed by atoms with E-state index in [2.05, 4.69) is 48.7 Å². The minimum Gasteiger partial charge on any atom is -0.333 e. The Balaban J connectivity index is 2.76.